The van der Waals surface area contributed by atoms with E-state index in [1.165, 1.54) is 24.3 Å². The lowest BCUT2D eigenvalue weighted by Crippen LogP contribution is -2.32. The molecule has 1 amide bonds. The van der Waals surface area contributed by atoms with Gasteiger partial charge in [-0.2, -0.15) is 0 Å². The van der Waals surface area contributed by atoms with Crippen molar-refractivity contribution in [2.75, 3.05) is 12.9 Å². The molecule has 5 nitrogen and oxygen atoms in total. The minimum atomic E-state index is -3.25. The van der Waals surface area contributed by atoms with Crippen molar-refractivity contribution in [3.05, 3.63) is 59.1 Å². The average molecular weight is 382 g/mol. The third kappa shape index (κ3) is 5.76. The van der Waals surface area contributed by atoms with E-state index in [0.29, 0.717) is 10.8 Å². The summed E-state index contributed by atoms with van der Waals surface area (Å²) in [5.41, 5.74) is 0.970. The highest BCUT2D eigenvalue weighted by Gasteiger charge is 2.13. The van der Waals surface area contributed by atoms with Gasteiger partial charge in [0.05, 0.1) is 10.9 Å². The quantitative estimate of drug-likeness (QED) is 0.797. The summed E-state index contributed by atoms with van der Waals surface area (Å²) in [7, 11) is -3.25. The van der Waals surface area contributed by atoms with Crippen LogP contribution in [0.15, 0.2) is 53.4 Å². The maximum absolute atomic E-state index is 12.1. The molecule has 0 fully saturated rings. The number of ether oxygens (including phenoxy) is 1. The van der Waals surface area contributed by atoms with Crippen molar-refractivity contribution in [2.45, 2.75) is 24.3 Å². The fourth-order valence-electron chi connectivity index (χ4n) is 2.28. The zero-order chi connectivity index (χ0) is 18.4. The molecule has 1 unspecified atom stereocenters. The summed E-state index contributed by atoms with van der Waals surface area (Å²) in [6.45, 7) is 1.83. The van der Waals surface area contributed by atoms with E-state index in [1.807, 2.05) is 19.1 Å². The lowest BCUT2D eigenvalue weighted by molar-refractivity contribution is -0.123. The smallest absolute Gasteiger partial charge is 0.258 e. The van der Waals surface area contributed by atoms with E-state index in [1.54, 1.807) is 12.1 Å². The Morgan fingerprint density at radius 1 is 1.12 bits per heavy atom. The van der Waals surface area contributed by atoms with E-state index < -0.39 is 9.84 Å². The molecule has 0 heterocycles. The van der Waals surface area contributed by atoms with Gasteiger partial charge in [-0.1, -0.05) is 30.7 Å². The van der Waals surface area contributed by atoms with Crippen LogP contribution < -0.4 is 10.1 Å². The Hall–Kier alpha value is -2.05. The Balaban J connectivity index is 1.92. The van der Waals surface area contributed by atoms with Crippen LogP contribution >= 0.6 is 11.6 Å². The second-order valence-corrected chi connectivity index (χ2v) is 8.06. The molecule has 2 aromatic rings. The third-order valence-electron chi connectivity index (χ3n) is 3.64. The molecule has 0 aliphatic heterocycles. The van der Waals surface area contributed by atoms with Gasteiger partial charge in [0, 0.05) is 11.3 Å². The van der Waals surface area contributed by atoms with Crippen LogP contribution in [-0.4, -0.2) is 27.2 Å². The van der Waals surface area contributed by atoms with Crippen molar-refractivity contribution >= 4 is 27.3 Å². The summed E-state index contributed by atoms with van der Waals surface area (Å²) in [5, 5.41) is 3.55. The van der Waals surface area contributed by atoms with Gasteiger partial charge in [-0.25, -0.2) is 8.42 Å². The maximum atomic E-state index is 12.1. The normalized spacial score (nSPS) is 12.4. The monoisotopic (exact) mass is 381 g/mol. The molecule has 2 aromatic carbocycles. The highest BCUT2D eigenvalue weighted by molar-refractivity contribution is 7.90. The molecule has 0 spiro atoms. The van der Waals surface area contributed by atoms with E-state index in [9.17, 15) is 13.2 Å². The summed E-state index contributed by atoms with van der Waals surface area (Å²) in [5.74, 6) is 0.177. The molecule has 0 bridgehead atoms. The van der Waals surface area contributed by atoms with Gasteiger partial charge in [0.15, 0.2) is 16.4 Å². The fraction of sp³-hybridized carbons (Fsp3) is 0.278. The number of carbonyl (C=O) groups excluding carboxylic acids is 1. The molecule has 0 aliphatic rings. The number of carbonyl (C=O) groups is 1. The third-order valence-corrected chi connectivity index (χ3v) is 5.02. The van der Waals surface area contributed by atoms with E-state index >= 15 is 0 Å². The van der Waals surface area contributed by atoms with Crippen LogP contribution in [0.4, 0.5) is 0 Å². The van der Waals surface area contributed by atoms with Crippen LogP contribution in [0, 0.1) is 0 Å². The zero-order valence-corrected chi connectivity index (χ0v) is 15.6. The topological polar surface area (TPSA) is 72.5 Å². The van der Waals surface area contributed by atoms with Crippen molar-refractivity contribution in [3.63, 3.8) is 0 Å². The number of hydrogen-bond donors (Lipinski definition) is 1. The van der Waals surface area contributed by atoms with Crippen molar-refractivity contribution in [1.29, 1.82) is 0 Å². The van der Waals surface area contributed by atoms with E-state index in [0.717, 1.165) is 18.2 Å². The summed E-state index contributed by atoms with van der Waals surface area (Å²) in [6, 6.07) is 13.2. The molecule has 2 rings (SSSR count). The molecular formula is C18H20ClNO4S. The molecule has 25 heavy (non-hydrogen) atoms. The fourth-order valence-corrected chi connectivity index (χ4v) is 3.04. The standard InChI is InChI=1S/C18H20ClNO4S/c1-3-17(13-4-6-14(19)7-5-13)20-18(21)12-24-15-8-10-16(11-9-15)25(2,22)23/h4-11,17H,3,12H2,1-2H3,(H,20,21). The largest absolute Gasteiger partial charge is 0.484 e. The molecule has 0 aromatic heterocycles. The van der Waals surface area contributed by atoms with Crippen LogP contribution in [0.2, 0.25) is 5.02 Å². The van der Waals surface area contributed by atoms with Crippen molar-refractivity contribution in [1.82, 2.24) is 5.32 Å². The number of rotatable bonds is 7. The van der Waals surface area contributed by atoms with Gasteiger partial charge in [0.2, 0.25) is 0 Å². The number of nitrogens with one attached hydrogen (secondary N) is 1. The highest BCUT2D eigenvalue weighted by Crippen LogP contribution is 2.19. The Labute approximate surface area is 152 Å². The van der Waals surface area contributed by atoms with Crippen molar-refractivity contribution < 1.29 is 17.9 Å². The van der Waals surface area contributed by atoms with Crippen LogP contribution in [0.25, 0.3) is 0 Å². The van der Waals surface area contributed by atoms with Crippen molar-refractivity contribution in [3.8, 4) is 5.75 Å². The summed E-state index contributed by atoms with van der Waals surface area (Å²) >= 11 is 5.88. The van der Waals surface area contributed by atoms with E-state index in [4.69, 9.17) is 16.3 Å². The molecule has 1 N–H and O–H groups in total. The predicted molar refractivity (Wildman–Crippen MR) is 97.7 cm³/mol. The first-order valence-electron chi connectivity index (χ1n) is 7.77. The second-order valence-electron chi connectivity index (χ2n) is 5.61. The van der Waals surface area contributed by atoms with Gasteiger partial charge in [0.1, 0.15) is 5.75 Å². The number of hydrogen-bond acceptors (Lipinski definition) is 4. The molecule has 7 heteroatoms. The second kappa shape index (κ2) is 8.36. The van der Waals surface area contributed by atoms with Crippen LogP contribution in [0.5, 0.6) is 5.75 Å². The number of sulfone groups is 1. The van der Waals surface area contributed by atoms with Crippen LogP contribution in [-0.2, 0) is 14.6 Å². The first-order chi connectivity index (χ1) is 11.8. The molecule has 1 atom stereocenters. The van der Waals surface area contributed by atoms with Crippen LogP contribution in [0.1, 0.15) is 24.9 Å². The minimum absolute atomic E-state index is 0.124. The summed E-state index contributed by atoms with van der Waals surface area (Å²) < 4.78 is 28.2. The maximum Gasteiger partial charge on any atom is 0.258 e. The number of amides is 1. The lowest BCUT2D eigenvalue weighted by Gasteiger charge is -2.18. The minimum Gasteiger partial charge on any atom is -0.484 e. The van der Waals surface area contributed by atoms with E-state index in [2.05, 4.69) is 5.32 Å². The Bertz CT molecular complexity index is 817. The molecule has 0 radical (unpaired) electrons. The van der Waals surface area contributed by atoms with Gasteiger partial charge in [-0.05, 0) is 48.4 Å². The summed E-state index contributed by atoms with van der Waals surface area (Å²) in [4.78, 5) is 12.3. The molecule has 0 saturated carbocycles. The van der Waals surface area contributed by atoms with Crippen molar-refractivity contribution in [2.24, 2.45) is 0 Å². The predicted octanol–water partition coefficient (Wildman–Crippen LogP) is 3.39. The molecular weight excluding hydrogens is 362 g/mol. The van der Waals surface area contributed by atoms with Gasteiger partial charge in [-0.3, -0.25) is 4.79 Å². The number of halogens is 1. The van der Waals surface area contributed by atoms with E-state index in [-0.39, 0.29) is 23.5 Å². The SMILES string of the molecule is CCC(NC(=O)COc1ccc(S(C)(=O)=O)cc1)c1ccc(Cl)cc1. The Morgan fingerprint density at radius 2 is 1.72 bits per heavy atom. The summed E-state index contributed by atoms with van der Waals surface area (Å²) in [6.07, 6.45) is 1.87. The molecule has 0 aliphatic carbocycles. The zero-order valence-electron chi connectivity index (χ0n) is 14.0. The van der Waals surface area contributed by atoms with Gasteiger partial charge in [-0.15, -0.1) is 0 Å². The Kier molecular flexibility index (Phi) is 6.45. The van der Waals surface area contributed by atoms with Crippen LogP contribution in [0.3, 0.4) is 0 Å². The number of benzene rings is 2. The van der Waals surface area contributed by atoms with Gasteiger partial charge < -0.3 is 10.1 Å². The highest BCUT2D eigenvalue weighted by atomic mass is 35.5. The first kappa shape index (κ1) is 19.3. The Morgan fingerprint density at radius 3 is 2.24 bits per heavy atom. The first-order valence-corrected chi connectivity index (χ1v) is 10.0. The molecule has 0 saturated heterocycles. The van der Waals surface area contributed by atoms with Gasteiger partial charge >= 0.3 is 0 Å². The van der Waals surface area contributed by atoms with Gasteiger partial charge in [0.25, 0.3) is 5.91 Å². The molecule has 134 valence electrons. The lowest BCUT2D eigenvalue weighted by atomic mass is 10.0. The average Bonchev–Trinajstić information content (AvgIpc) is 2.58.